The van der Waals surface area contributed by atoms with Gasteiger partial charge in [-0.3, -0.25) is 0 Å². The fourth-order valence-corrected chi connectivity index (χ4v) is 2.07. The third-order valence-corrected chi connectivity index (χ3v) is 3.35. The first-order chi connectivity index (χ1) is 7.26. The molecule has 2 N–H and O–H groups in total. The molecule has 3 nitrogen and oxygen atoms in total. The molecule has 1 unspecified atom stereocenters. The Balaban J connectivity index is 2.09. The maximum atomic E-state index is 5.62. The van der Waals surface area contributed by atoms with Crippen LogP contribution in [-0.2, 0) is 0 Å². The van der Waals surface area contributed by atoms with Crippen LogP contribution in [0.25, 0.3) is 0 Å². The highest BCUT2D eigenvalue weighted by Crippen LogP contribution is 2.06. The molecule has 0 bridgehead atoms. The Morgan fingerprint density at radius 3 is 2.07 bits per heavy atom. The summed E-state index contributed by atoms with van der Waals surface area (Å²) >= 11 is 0. The summed E-state index contributed by atoms with van der Waals surface area (Å²) in [5.41, 5.74) is 5.62. The minimum atomic E-state index is 0.679. The first kappa shape index (κ1) is 12.9. The number of hydrogen-bond donors (Lipinski definition) is 1. The van der Waals surface area contributed by atoms with Crippen molar-refractivity contribution in [1.29, 1.82) is 0 Å². The summed E-state index contributed by atoms with van der Waals surface area (Å²) < 4.78 is 0. The second-order valence-corrected chi connectivity index (χ2v) is 4.81. The van der Waals surface area contributed by atoms with E-state index in [0.717, 1.165) is 6.54 Å². The topological polar surface area (TPSA) is 32.5 Å². The molecular weight excluding hydrogens is 186 g/mol. The summed E-state index contributed by atoms with van der Waals surface area (Å²) in [4.78, 5) is 5.15. The molecule has 0 spiro atoms. The van der Waals surface area contributed by atoms with Gasteiger partial charge in [-0.2, -0.15) is 0 Å². The highest BCUT2D eigenvalue weighted by atomic mass is 15.3. The summed E-state index contributed by atoms with van der Waals surface area (Å²) in [5, 5.41) is 0. The molecule has 1 fully saturated rings. The smallest absolute Gasteiger partial charge is 0.0110 e. The molecule has 15 heavy (non-hydrogen) atoms. The minimum Gasteiger partial charge on any atom is -0.330 e. The van der Waals surface area contributed by atoms with Gasteiger partial charge in [0.2, 0.25) is 0 Å². The van der Waals surface area contributed by atoms with E-state index >= 15 is 0 Å². The molecular formula is C12H27N3. The summed E-state index contributed by atoms with van der Waals surface area (Å²) in [6, 6.07) is 0. The van der Waals surface area contributed by atoms with E-state index in [0.29, 0.717) is 5.92 Å². The van der Waals surface area contributed by atoms with Crippen molar-refractivity contribution in [3.05, 3.63) is 0 Å². The zero-order valence-electron chi connectivity index (χ0n) is 10.4. The van der Waals surface area contributed by atoms with Gasteiger partial charge >= 0.3 is 0 Å². The van der Waals surface area contributed by atoms with E-state index in [1.54, 1.807) is 0 Å². The predicted molar refractivity (Wildman–Crippen MR) is 66.0 cm³/mol. The van der Waals surface area contributed by atoms with Crippen LogP contribution in [0.2, 0.25) is 0 Å². The molecule has 0 saturated carbocycles. The van der Waals surface area contributed by atoms with Gasteiger partial charge in [0.25, 0.3) is 0 Å². The second kappa shape index (κ2) is 7.20. The largest absolute Gasteiger partial charge is 0.330 e. The quantitative estimate of drug-likeness (QED) is 0.714. The van der Waals surface area contributed by atoms with Gasteiger partial charge in [-0.15, -0.1) is 0 Å². The molecule has 1 rings (SSSR count). The van der Waals surface area contributed by atoms with Crippen LogP contribution in [0.1, 0.15) is 26.7 Å². The van der Waals surface area contributed by atoms with Gasteiger partial charge in [-0.25, -0.2) is 0 Å². The lowest BCUT2D eigenvalue weighted by molar-refractivity contribution is 0.128. The van der Waals surface area contributed by atoms with Crippen molar-refractivity contribution >= 4 is 0 Å². The van der Waals surface area contributed by atoms with E-state index in [2.05, 4.69) is 23.6 Å². The first-order valence-electron chi connectivity index (χ1n) is 6.41. The standard InChI is InChI=1S/C12H27N3/c1-3-5-14-7-9-15(10-8-14)6-4-12(2)11-13/h12H,3-11,13H2,1-2H3. The zero-order chi connectivity index (χ0) is 11.1. The number of piperazine rings is 1. The fourth-order valence-electron chi connectivity index (χ4n) is 2.07. The normalized spacial score (nSPS) is 21.8. The van der Waals surface area contributed by atoms with Gasteiger partial charge in [-0.05, 0) is 38.4 Å². The van der Waals surface area contributed by atoms with Crippen LogP contribution in [0.4, 0.5) is 0 Å². The van der Waals surface area contributed by atoms with Crippen LogP contribution in [0.15, 0.2) is 0 Å². The van der Waals surface area contributed by atoms with E-state index in [4.69, 9.17) is 5.73 Å². The molecule has 90 valence electrons. The van der Waals surface area contributed by atoms with Crippen LogP contribution in [0.5, 0.6) is 0 Å². The molecule has 0 amide bonds. The Labute approximate surface area is 94.6 Å². The number of hydrogen-bond acceptors (Lipinski definition) is 3. The third-order valence-electron chi connectivity index (χ3n) is 3.35. The Kier molecular flexibility index (Phi) is 6.22. The molecule has 1 aliphatic heterocycles. The Morgan fingerprint density at radius 1 is 1.07 bits per heavy atom. The number of nitrogens with zero attached hydrogens (tertiary/aromatic N) is 2. The molecule has 1 heterocycles. The van der Waals surface area contributed by atoms with E-state index in [1.165, 1.54) is 52.1 Å². The van der Waals surface area contributed by atoms with Gasteiger partial charge in [0, 0.05) is 26.2 Å². The number of nitrogens with two attached hydrogens (primary N) is 1. The van der Waals surface area contributed by atoms with Gasteiger partial charge in [0.15, 0.2) is 0 Å². The summed E-state index contributed by atoms with van der Waals surface area (Å²) in [5.74, 6) is 0.679. The molecule has 1 aliphatic rings. The van der Waals surface area contributed by atoms with Crippen molar-refractivity contribution in [2.75, 3.05) is 45.8 Å². The molecule has 0 aromatic heterocycles. The van der Waals surface area contributed by atoms with Gasteiger partial charge in [-0.1, -0.05) is 13.8 Å². The zero-order valence-corrected chi connectivity index (χ0v) is 10.4. The van der Waals surface area contributed by atoms with Gasteiger partial charge in [0.05, 0.1) is 0 Å². The molecule has 0 aliphatic carbocycles. The van der Waals surface area contributed by atoms with E-state index in [-0.39, 0.29) is 0 Å². The molecule has 3 heteroatoms. The Bertz CT molecular complexity index is 153. The highest BCUT2D eigenvalue weighted by molar-refractivity contribution is 4.72. The van der Waals surface area contributed by atoms with Crippen LogP contribution in [-0.4, -0.2) is 55.6 Å². The fraction of sp³-hybridized carbons (Fsp3) is 1.00. The maximum absolute atomic E-state index is 5.62. The van der Waals surface area contributed by atoms with Crippen molar-refractivity contribution in [3.8, 4) is 0 Å². The first-order valence-corrected chi connectivity index (χ1v) is 6.41. The van der Waals surface area contributed by atoms with E-state index in [1.807, 2.05) is 0 Å². The summed E-state index contributed by atoms with van der Waals surface area (Å²) in [6.45, 7) is 12.8. The summed E-state index contributed by atoms with van der Waals surface area (Å²) in [7, 11) is 0. The van der Waals surface area contributed by atoms with Gasteiger partial charge < -0.3 is 15.5 Å². The molecule has 1 saturated heterocycles. The Hall–Kier alpha value is -0.120. The maximum Gasteiger partial charge on any atom is 0.0110 e. The highest BCUT2D eigenvalue weighted by Gasteiger charge is 2.15. The minimum absolute atomic E-state index is 0.679. The predicted octanol–water partition coefficient (Wildman–Crippen LogP) is 0.999. The second-order valence-electron chi connectivity index (χ2n) is 4.81. The van der Waals surface area contributed by atoms with Crippen molar-refractivity contribution in [2.24, 2.45) is 11.7 Å². The SMILES string of the molecule is CCCN1CCN(CCC(C)CN)CC1. The van der Waals surface area contributed by atoms with Crippen molar-refractivity contribution in [3.63, 3.8) is 0 Å². The molecule has 1 atom stereocenters. The lowest BCUT2D eigenvalue weighted by atomic mass is 10.1. The Morgan fingerprint density at radius 2 is 1.60 bits per heavy atom. The monoisotopic (exact) mass is 213 g/mol. The van der Waals surface area contributed by atoms with Crippen LogP contribution < -0.4 is 5.73 Å². The number of rotatable bonds is 6. The van der Waals surface area contributed by atoms with Crippen LogP contribution >= 0.6 is 0 Å². The summed E-state index contributed by atoms with van der Waals surface area (Å²) in [6.07, 6.45) is 2.54. The van der Waals surface area contributed by atoms with Gasteiger partial charge in [0.1, 0.15) is 0 Å². The lowest BCUT2D eigenvalue weighted by Gasteiger charge is -2.34. The molecule has 0 radical (unpaired) electrons. The van der Waals surface area contributed by atoms with E-state index in [9.17, 15) is 0 Å². The van der Waals surface area contributed by atoms with E-state index < -0.39 is 0 Å². The lowest BCUT2D eigenvalue weighted by Crippen LogP contribution is -2.46. The average molecular weight is 213 g/mol. The van der Waals surface area contributed by atoms with Crippen molar-refractivity contribution in [2.45, 2.75) is 26.7 Å². The molecule has 0 aromatic rings. The van der Waals surface area contributed by atoms with Crippen LogP contribution in [0.3, 0.4) is 0 Å². The van der Waals surface area contributed by atoms with Crippen molar-refractivity contribution in [1.82, 2.24) is 9.80 Å². The third kappa shape index (κ3) is 4.96. The van der Waals surface area contributed by atoms with Crippen LogP contribution in [0, 0.1) is 5.92 Å². The van der Waals surface area contributed by atoms with Crippen molar-refractivity contribution < 1.29 is 0 Å². The molecule has 0 aromatic carbocycles. The average Bonchev–Trinajstić information content (AvgIpc) is 2.28.